The van der Waals surface area contributed by atoms with E-state index in [1.54, 1.807) is 12.1 Å². The molecule has 3 aliphatic heterocycles. The second-order valence-corrected chi connectivity index (χ2v) is 13.1. The molecule has 3 aliphatic rings. The number of nitrogens with one attached hydrogen (secondary N) is 1. The van der Waals surface area contributed by atoms with Gasteiger partial charge in [0.25, 0.3) is 11.4 Å². The predicted octanol–water partition coefficient (Wildman–Crippen LogP) is 4.17. The summed E-state index contributed by atoms with van der Waals surface area (Å²) in [6.45, 7) is 4.26. The van der Waals surface area contributed by atoms with Gasteiger partial charge in [-0.3, -0.25) is 30.6 Å². The van der Waals surface area contributed by atoms with Crippen LogP contribution in [0, 0.1) is 20.2 Å². The summed E-state index contributed by atoms with van der Waals surface area (Å²) in [5, 5.41) is 27.6. The molecule has 0 saturated carbocycles. The third kappa shape index (κ3) is 6.73. The first-order valence-corrected chi connectivity index (χ1v) is 16.3. The minimum Gasteiger partial charge on any atom is -0.454 e. The Balaban J connectivity index is 1.14. The fourth-order valence-corrected chi connectivity index (χ4v) is 7.51. The molecule has 0 aromatic heterocycles. The molecule has 3 aromatic rings. The van der Waals surface area contributed by atoms with Crippen molar-refractivity contribution in [3.05, 3.63) is 86.0 Å². The van der Waals surface area contributed by atoms with E-state index in [1.807, 2.05) is 23.1 Å². The van der Waals surface area contributed by atoms with Crippen LogP contribution in [-0.2, 0) is 16.6 Å². The Kier molecular flexibility index (Phi) is 9.01. The van der Waals surface area contributed by atoms with Crippen molar-refractivity contribution < 1.29 is 27.7 Å². The molecule has 0 spiro atoms. The number of rotatable bonds is 10. The number of hydrazone groups is 1. The molecule has 6 rings (SSSR count). The molecule has 0 aliphatic carbocycles. The van der Waals surface area contributed by atoms with Crippen LogP contribution in [-0.4, -0.2) is 79.7 Å². The summed E-state index contributed by atoms with van der Waals surface area (Å²) in [7, 11) is -4.02. The molecule has 16 heteroatoms. The minimum absolute atomic E-state index is 0.0668. The highest BCUT2D eigenvalue weighted by Gasteiger charge is 2.30. The van der Waals surface area contributed by atoms with Crippen molar-refractivity contribution in [1.82, 2.24) is 9.21 Å². The van der Waals surface area contributed by atoms with E-state index in [4.69, 9.17) is 9.47 Å². The van der Waals surface area contributed by atoms with Gasteiger partial charge in [-0.05, 0) is 42.7 Å². The van der Waals surface area contributed by atoms with Gasteiger partial charge in [0.2, 0.25) is 16.8 Å². The number of piperidine rings is 1. The van der Waals surface area contributed by atoms with Gasteiger partial charge in [-0.2, -0.15) is 9.41 Å². The molecule has 46 heavy (non-hydrogen) atoms. The largest absolute Gasteiger partial charge is 0.454 e. The number of hydrogen-bond donors (Lipinski definition) is 1. The van der Waals surface area contributed by atoms with E-state index in [0.29, 0.717) is 50.3 Å². The summed E-state index contributed by atoms with van der Waals surface area (Å²) < 4.78 is 39.0. The Bertz CT molecular complexity index is 1770. The highest BCUT2D eigenvalue weighted by Crippen LogP contribution is 2.34. The Morgan fingerprint density at radius 2 is 1.61 bits per heavy atom. The Hall–Kier alpha value is -4.80. The number of nitro groups is 2. The van der Waals surface area contributed by atoms with Crippen molar-refractivity contribution in [2.75, 3.05) is 56.4 Å². The zero-order chi connectivity index (χ0) is 32.3. The van der Waals surface area contributed by atoms with Gasteiger partial charge in [0.15, 0.2) is 11.5 Å². The zero-order valence-electron chi connectivity index (χ0n) is 24.9. The molecule has 3 heterocycles. The van der Waals surface area contributed by atoms with Gasteiger partial charge in [0.05, 0.1) is 21.7 Å². The summed E-state index contributed by atoms with van der Waals surface area (Å²) in [6, 6.07) is 14.2. The molecule has 2 fully saturated rings. The molecule has 0 amide bonds. The zero-order valence-corrected chi connectivity index (χ0v) is 25.7. The second kappa shape index (κ2) is 13.3. The van der Waals surface area contributed by atoms with Gasteiger partial charge < -0.3 is 14.4 Å². The average molecular weight is 652 g/mol. The summed E-state index contributed by atoms with van der Waals surface area (Å²) in [5.41, 5.74) is 4.35. The quantitative estimate of drug-likeness (QED) is 0.189. The van der Waals surface area contributed by atoms with Crippen molar-refractivity contribution in [2.24, 2.45) is 5.10 Å². The number of nitro benzene ring substituents is 2. The van der Waals surface area contributed by atoms with Gasteiger partial charge in [-0.15, -0.1) is 0 Å². The fraction of sp³-hybridized carbons (Fsp3) is 0.367. The van der Waals surface area contributed by atoms with Gasteiger partial charge in [-0.1, -0.05) is 18.6 Å². The Morgan fingerprint density at radius 1 is 0.848 bits per heavy atom. The number of nitrogens with zero attached hydrogens (tertiary/aromatic N) is 6. The van der Waals surface area contributed by atoms with Crippen LogP contribution in [0.15, 0.2) is 64.6 Å². The van der Waals surface area contributed by atoms with Crippen LogP contribution >= 0.6 is 0 Å². The third-order valence-corrected chi connectivity index (χ3v) is 10.2. The van der Waals surface area contributed by atoms with Crippen LogP contribution < -0.4 is 19.8 Å². The maximum absolute atomic E-state index is 13.4. The van der Waals surface area contributed by atoms with Crippen LogP contribution in [0.3, 0.4) is 0 Å². The van der Waals surface area contributed by atoms with Crippen molar-refractivity contribution in [2.45, 2.75) is 30.7 Å². The fourth-order valence-electron chi connectivity index (χ4n) is 5.83. The molecule has 3 aromatic carbocycles. The normalized spacial score (nSPS) is 17.3. The predicted molar refractivity (Wildman–Crippen MR) is 170 cm³/mol. The van der Waals surface area contributed by atoms with Crippen LogP contribution in [0.25, 0.3) is 0 Å². The first-order chi connectivity index (χ1) is 22.2. The van der Waals surface area contributed by atoms with E-state index in [2.05, 4.69) is 15.4 Å². The molecule has 242 valence electrons. The van der Waals surface area contributed by atoms with E-state index in [-0.39, 0.29) is 28.8 Å². The molecule has 2 saturated heterocycles. The van der Waals surface area contributed by atoms with Gasteiger partial charge in [0, 0.05) is 69.6 Å². The van der Waals surface area contributed by atoms with Gasteiger partial charge in [0.1, 0.15) is 10.6 Å². The number of ether oxygens (including phenoxy) is 2. The Morgan fingerprint density at radius 3 is 2.35 bits per heavy atom. The van der Waals surface area contributed by atoms with E-state index in [0.717, 1.165) is 49.2 Å². The summed E-state index contributed by atoms with van der Waals surface area (Å²) in [6.07, 6.45) is 3.68. The average Bonchev–Trinajstić information content (AvgIpc) is 3.53. The van der Waals surface area contributed by atoms with Gasteiger partial charge >= 0.3 is 0 Å². The lowest BCUT2D eigenvalue weighted by molar-refractivity contribution is -0.385. The lowest BCUT2D eigenvalue weighted by atomic mass is 10.1. The lowest BCUT2D eigenvalue weighted by Crippen LogP contribution is -2.46. The molecule has 0 bridgehead atoms. The molecule has 1 N–H and O–H groups in total. The summed E-state index contributed by atoms with van der Waals surface area (Å²) >= 11 is 0. The third-order valence-electron chi connectivity index (χ3n) is 8.26. The summed E-state index contributed by atoms with van der Waals surface area (Å²) in [5.74, 6) is 1.48. The number of benzene rings is 3. The second-order valence-electron chi connectivity index (χ2n) is 11.2. The van der Waals surface area contributed by atoms with Crippen molar-refractivity contribution in [3.63, 3.8) is 0 Å². The van der Waals surface area contributed by atoms with Gasteiger partial charge in [-0.25, -0.2) is 8.42 Å². The van der Waals surface area contributed by atoms with E-state index >= 15 is 0 Å². The SMILES string of the molecule is O=[N+]([O-])c1ccc(N/N=C\c2ccc(N3CCN(Cc4ccc5c(c4)OCO5)CC3)c([N+](=O)[O-])c2)c(S(=O)(=O)N2CCCCC2)c1. The van der Waals surface area contributed by atoms with Crippen molar-refractivity contribution in [3.8, 4) is 11.5 Å². The molecular formula is C30H33N7O8S. The number of non-ortho nitro benzene ring substituents is 1. The Labute approximate surface area is 265 Å². The van der Waals surface area contributed by atoms with E-state index < -0.39 is 19.9 Å². The van der Waals surface area contributed by atoms with Crippen LogP contribution in [0.2, 0.25) is 0 Å². The maximum Gasteiger partial charge on any atom is 0.293 e. The molecule has 0 atom stereocenters. The monoisotopic (exact) mass is 651 g/mol. The number of piperazine rings is 1. The number of anilines is 2. The number of fused-ring (bicyclic) bond motifs is 1. The summed E-state index contributed by atoms with van der Waals surface area (Å²) in [4.78, 5) is 26.4. The maximum atomic E-state index is 13.4. The van der Waals surface area contributed by atoms with E-state index in [9.17, 15) is 28.6 Å². The first-order valence-electron chi connectivity index (χ1n) is 14.9. The molecule has 15 nitrogen and oxygen atoms in total. The number of sulfonamides is 1. The highest BCUT2D eigenvalue weighted by atomic mass is 32.2. The van der Waals surface area contributed by atoms with E-state index in [1.165, 1.54) is 28.7 Å². The van der Waals surface area contributed by atoms with Crippen molar-refractivity contribution in [1.29, 1.82) is 0 Å². The van der Waals surface area contributed by atoms with Crippen LogP contribution in [0.1, 0.15) is 30.4 Å². The minimum atomic E-state index is -4.02. The molecule has 0 unspecified atom stereocenters. The molecule has 0 radical (unpaired) electrons. The standard InChI is InChI=1S/C30H33N7O8S/c38-36(39)24-6-7-25(30(18-24)46(42,43)35-10-2-1-3-11-35)32-31-19-22-4-8-26(27(16-22)37(40)41)34-14-12-33(13-15-34)20-23-5-9-28-29(17-23)45-21-44-28/h4-9,16-19,32H,1-3,10-15,20-21H2/b31-19-. The highest BCUT2D eigenvalue weighted by molar-refractivity contribution is 7.89. The first kappa shape index (κ1) is 31.2. The van der Waals surface area contributed by atoms with Crippen molar-refractivity contribution >= 4 is 39.0 Å². The number of hydrogen-bond acceptors (Lipinski definition) is 12. The van der Waals surface area contributed by atoms with Crippen LogP contribution in [0.4, 0.5) is 22.7 Å². The van der Waals surface area contributed by atoms with Crippen LogP contribution in [0.5, 0.6) is 11.5 Å². The molecular weight excluding hydrogens is 618 g/mol. The lowest BCUT2D eigenvalue weighted by Gasteiger charge is -2.35. The topological polar surface area (TPSA) is 173 Å². The smallest absolute Gasteiger partial charge is 0.293 e.